The molecule has 0 bridgehead atoms. The molecule has 0 spiro atoms. The Labute approximate surface area is 271 Å². The molecule has 0 saturated carbocycles. The van der Waals surface area contributed by atoms with Crippen molar-refractivity contribution >= 4 is 28.0 Å². The Morgan fingerprint density at radius 3 is 2.15 bits per heavy atom. The van der Waals surface area contributed by atoms with Crippen LogP contribution in [0.2, 0.25) is 0 Å². The van der Waals surface area contributed by atoms with Gasteiger partial charge in [0, 0.05) is 52.2 Å². The third kappa shape index (κ3) is 6.30. The summed E-state index contributed by atoms with van der Waals surface area (Å²) >= 11 is 0. The molecule has 0 aliphatic heterocycles. The molecule has 1 N–H and O–H groups in total. The van der Waals surface area contributed by atoms with E-state index in [1.807, 2.05) is 0 Å². The Morgan fingerprint density at radius 1 is 0.917 bits per heavy atom. The summed E-state index contributed by atoms with van der Waals surface area (Å²) in [6, 6.07) is 19.8. The standard InChI is InChI=1S/C33H28F2N8O5/c1-22(33(44,19-40-21-36-20-37-40)28-12-10-26(34)15-29(28)35)41-18-25-14-27(11-13-30(25)38-41)39(16-23-6-2-4-8-31(23)42(45)46)17-24-7-3-5-9-32(24)43(47)48/h2-15,18,20-22,44H,16-17,19H2,1H3/t22-,33-/m1/s1. The highest BCUT2D eigenvalue weighted by Crippen LogP contribution is 2.38. The number of halogens is 2. The van der Waals surface area contributed by atoms with Gasteiger partial charge >= 0.3 is 0 Å². The van der Waals surface area contributed by atoms with Gasteiger partial charge < -0.3 is 10.0 Å². The molecule has 0 aliphatic rings. The molecule has 0 fully saturated rings. The average molecular weight is 655 g/mol. The summed E-state index contributed by atoms with van der Waals surface area (Å²) in [4.78, 5) is 28.4. The Bertz CT molecular complexity index is 2060. The zero-order chi connectivity index (χ0) is 34.0. The molecule has 4 aromatic carbocycles. The largest absolute Gasteiger partial charge is 0.381 e. The van der Waals surface area contributed by atoms with Crippen molar-refractivity contribution in [3.63, 3.8) is 0 Å². The molecule has 0 unspecified atom stereocenters. The van der Waals surface area contributed by atoms with Gasteiger partial charge in [-0.25, -0.2) is 18.4 Å². The lowest BCUT2D eigenvalue weighted by molar-refractivity contribution is -0.385. The van der Waals surface area contributed by atoms with E-state index in [-0.39, 0.29) is 36.6 Å². The molecule has 13 nitrogen and oxygen atoms in total. The van der Waals surface area contributed by atoms with E-state index in [9.17, 15) is 29.7 Å². The third-order valence-corrected chi connectivity index (χ3v) is 8.32. The van der Waals surface area contributed by atoms with Crippen LogP contribution in [0.4, 0.5) is 25.8 Å². The molecule has 2 aromatic heterocycles. The molecule has 244 valence electrons. The van der Waals surface area contributed by atoms with Crippen LogP contribution in [0.1, 0.15) is 29.7 Å². The predicted molar refractivity (Wildman–Crippen MR) is 171 cm³/mol. The summed E-state index contributed by atoms with van der Waals surface area (Å²) in [5, 5.41) is 45.0. The van der Waals surface area contributed by atoms with Gasteiger partial charge in [-0.2, -0.15) is 10.2 Å². The molecule has 0 amide bonds. The number of benzene rings is 4. The van der Waals surface area contributed by atoms with Gasteiger partial charge in [0.25, 0.3) is 11.4 Å². The van der Waals surface area contributed by atoms with Gasteiger partial charge in [-0.3, -0.25) is 24.9 Å². The van der Waals surface area contributed by atoms with Crippen LogP contribution < -0.4 is 4.90 Å². The molecule has 48 heavy (non-hydrogen) atoms. The molecule has 6 rings (SSSR count). The van der Waals surface area contributed by atoms with Crippen molar-refractivity contribution in [3.8, 4) is 0 Å². The van der Waals surface area contributed by atoms with Gasteiger partial charge in [0.15, 0.2) is 0 Å². The quantitative estimate of drug-likeness (QED) is 0.122. The molecule has 2 heterocycles. The lowest BCUT2D eigenvalue weighted by Gasteiger charge is -2.34. The van der Waals surface area contributed by atoms with Gasteiger partial charge in [0.1, 0.15) is 29.9 Å². The maximum atomic E-state index is 15.1. The van der Waals surface area contributed by atoms with Crippen molar-refractivity contribution in [2.75, 3.05) is 4.90 Å². The second-order valence-electron chi connectivity index (χ2n) is 11.3. The van der Waals surface area contributed by atoms with E-state index in [0.717, 1.165) is 6.07 Å². The fourth-order valence-corrected chi connectivity index (χ4v) is 5.79. The maximum absolute atomic E-state index is 15.1. The Hall–Kier alpha value is -6.09. The number of aromatic nitrogens is 5. The predicted octanol–water partition coefficient (Wildman–Crippen LogP) is 6.08. The number of para-hydroxylation sites is 2. The molecular formula is C33H28F2N8O5. The molecule has 0 radical (unpaired) electrons. The monoisotopic (exact) mass is 654 g/mol. The zero-order valence-electron chi connectivity index (χ0n) is 25.4. The molecule has 0 saturated heterocycles. The molecular weight excluding hydrogens is 626 g/mol. The first kappa shape index (κ1) is 31.9. The number of rotatable bonds is 12. The summed E-state index contributed by atoms with van der Waals surface area (Å²) in [7, 11) is 0. The number of hydrogen-bond acceptors (Lipinski definition) is 9. The third-order valence-electron chi connectivity index (χ3n) is 8.32. The molecule has 15 heteroatoms. The minimum absolute atomic E-state index is 0.0563. The van der Waals surface area contributed by atoms with Crippen molar-refractivity contribution < 1.29 is 23.7 Å². The summed E-state index contributed by atoms with van der Waals surface area (Å²) in [6.45, 7) is 1.53. The van der Waals surface area contributed by atoms with Crippen LogP contribution in [0.5, 0.6) is 0 Å². The average Bonchev–Trinajstić information content (AvgIpc) is 3.74. The number of nitrogens with zero attached hydrogens (tertiary/aromatic N) is 8. The smallest absolute Gasteiger partial charge is 0.274 e. The van der Waals surface area contributed by atoms with E-state index in [2.05, 4.69) is 15.2 Å². The Balaban J connectivity index is 1.41. The molecule has 0 aliphatic carbocycles. The molecule has 6 aromatic rings. The fourth-order valence-electron chi connectivity index (χ4n) is 5.79. The van der Waals surface area contributed by atoms with Crippen LogP contribution in [0.15, 0.2) is 104 Å². The zero-order valence-corrected chi connectivity index (χ0v) is 25.4. The lowest BCUT2D eigenvalue weighted by atomic mass is 9.86. The van der Waals surface area contributed by atoms with Gasteiger partial charge in [-0.1, -0.05) is 42.5 Å². The number of hydrogen-bond donors (Lipinski definition) is 1. The highest BCUT2D eigenvalue weighted by atomic mass is 19.1. The number of nitro groups is 2. The van der Waals surface area contributed by atoms with E-state index >= 15 is 4.39 Å². The highest BCUT2D eigenvalue weighted by Gasteiger charge is 2.41. The first-order valence-corrected chi connectivity index (χ1v) is 14.7. The number of fused-ring (bicyclic) bond motifs is 1. The van der Waals surface area contributed by atoms with E-state index in [0.29, 0.717) is 33.8 Å². The first-order chi connectivity index (χ1) is 23.0. The maximum Gasteiger partial charge on any atom is 0.274 e. The second kappa shape index (κ2) is 13.0. The van der Waals surface area contributed by atoms with Crippen LogP contribution in [0.3, 0.4) is 0 Å². The van der Waals surface area contributed by atoms with Gasteiger partial charge in [-0.05, 0) is 31.2 Å². The van der Waals surface area contributed by atoms with Crippen molar-refractivity contribution in [2.24, 2.45) is 0 Å². The van der Waals surface area contributed by atoms with Crippen molar-refractivity contribution in [1.29, 1.82) is 0 Å². The minimum Gasteiger partial charge on any atom is -0.381 e. The van der Waals surface area contributed by atoms with Crippen molar-refractivity contribution in [2.45, 2.75) is 38.2 Å². The SMILES string of the molecule is C[C@@H](n1cc2cc(N(Cc3ccccc3[N+](=O)[O-])Cc3ccccc3[N+](=O)[O-])ccc2n1)[C@](O)(Cn1cncn1)c1ccc(F)cc1F. The van der Waals surface area contributed by atoms with Gasteiger partial charge in [-0.15, -0.1) is 0 Å². The first-order valence-electron chi connectivity index (χ1n) is 14.7. The van der Waals surface area contributed by atoms with Crippen LogP contribution in [0, 0.1) is 31.9 Å². The Morgan fingerprint density at radius 2 is 1.56 bits per heavy atom. The minimum atomic E-state index is -1.96. The van der Waals surface area contributed by atoms with E-state index in [1.165, 1.54) is 40.2 Å². The van der Waals surface area contributed by atoms with Crippen molar-refractivity contribution in [1.82, 2.24) is 24.5 Å². The normalized spacial score (nSPS) is 13.2. The summed E-state index contributed by atoms with van der Waals surface area (Å²) < 4.78 is 31.8. The summed E-state index contributed by atoms with van der Waals surface area (Å²) in [5.41, 5.74) is -0.374. The van der Waals surface area contributed by atoms with Crippen LogP contribution in [0.25, 0.3) is 10.9 Å². The topological polar surface area (TPSA) is 158 Å². The second-order valence-corrected chi connectivity index (χ2v) is 11.3. The van der Waals surface area contributed by atoms with E-state index in [4.69, 9.17) is 0 Å². The fraction of sp³-hybridized carbons (Fsp3) is 0.182. The van der Waals surface area contributed by atoms with E-state index < -0.39 is 33.1 Å². The Kier molecular flexibility index (Phi) is 8.61. The van der Waals surface area contributed by atoms with Gasteiger partial charge in [0.2, 0.25) is 0 Å². The van der Waals surface area contributed by atoms with Gasteiger partial charge in [0.05, 0.1) is 41.0 Å². The number of anilines is 1. The lowest BCUT2D eigenvalue weighted by Crippen LogP contribution is -2.40. The number of nitro benzene ring substituents is 2. The van der Waals surface area contributed by atoms with Crippen LogP contribution >= 0.6 is 0 Å². The number of aliphatic hydroxyl groups is 1. The van der Waals surface area contributed by atoms with Crippen LogP contribution in [-0.2, 0) is 25.2 Å². The highest BCUT2D eigenvalue weighted by molar-refractivity contribution is 5.82. The molecule has 2 atom stereocenters. The van der Waals surface area contributed by atoms with Crippen LogP contribution in [-0.4, -0.2) is 39.5 Å². The van der Waals surface area contributed by atoms with Crippen molar-refractivity contribution in [3.05, 3.63) is 152 Å². The summed E-state index contributed by atoms with van der Waals surface area (Å²) in [5.74, 6) is -1.74. The van der Waals surface area contributed by atoms with E-state index in [1.54, 1.807) is 72.6 Å². The summed E-state index contributed by atoms with van der Waals surface area (Å²) in [6.07, 6.45) is 4.30.